The van der Waals surface area contributed by atoms with Gasteiger partial charge < -0.3 is 19.9 Å². The fraction of sp³-hybridized carbons (Fsp3) is 0.538. The van der Waals surface area contributed by atoms with Crippen LogP contribution >= 0.6 is 11.6 Å². The minimum Gasteiger partial charge on any atom is -0.453 e. The number of fused-ring (bicyclic) bond motifs is 1. The Morgan fingerprint density at radius 2 is 2.06 bits per heavy atom. The van der Waals surface area contributed by atoms with E-state index in [0.717, 1.165) is 11.1 Å². The van der Waals surface area contributed by atoms with Crippen LogP contribution in [0.4, 0.5) is 0 Å². The molecule has 4 nitrogen and oxygen atoms in total. The Hall–Kier alpha value is -0.970. The summed E-state index contributed by atoms with van der Waals surface area (Å²) in [6.45, 7) is 4.76. The predicted octanol–water partition coefficient (Wildman–Crippen LogP) is 2.44. The van der Waals surface area contributed by atoms with E-state index < -0.39 is 6.10 Å². The molecule has 18 heavy (non-hydrogen) atoms. The lowest BCUT2D eigenvalue weighted by Gasteiger charge is -2.20. The molecule has 1 aliphatic rings. The number of nitrogens with one attached hydrogen (secondary N) is 1. The Bertz CT molecular complexity index is 448. The van der Waals surface area contributed by atoms with Crippen molar-refractivity contribution in [2.24, 2.45) is 0 Å². The van der Waals surface area contributed by atoms with E-state index in [4.69, 9.17) is 21.1 Å². The molecule has 0 bridgehead atoms. The van der Waals surface area contributed by atoms with Crippen LogP contribution in [0.3, 0.4) is 0 Å². The molecule has 2 N–H and O–H groups in total. The highest BCUT2D eigenvalue weighted by Crippen LogP contribution is 2.47. The zero-order chi connectivity index (χ0) is 13.3. The molecule has 1 aliphatic heterocycles. The van der Waals surface area contributed by atoms with Gasteiger partial charge in [0.2, 0.25) is 6.79 Å². The standard InChI is InChI=1S/C13H18ClNO3/c1-7(2)11-8(10(16)5-15-3)4-9(14)12-13(11)18-6-17-12/h4,7,10,15-16H,5-6H2,1-3H3. The minimum absolute atomic E-state index is 0.181. The van der Waals surface area contributed by atoms with Crippen LogP contribution in [0.2, 0.25) is 5.02 Å². The van der Waals surface area contributed by atoms with Crippen LogP contribution in [0, 0.1) is 0 Å². The second-order valence-corrected chi connectivity index (χ2v) is 5.06. The van der Waals surface area contributed by atoms with Gasteiger partial charge in [0.1, 0.15) is 0 Å². The summed E-state index contributed by atoms with van der Waals surface area (Å²) in [4.78, 5) is 0. The fourth-order valence-corrected chi connectivity index (χ4v) is 2.50. The number of aliphatic hydroxyl groups is 1. The number of benzene rings is 1. The van der Waals surface area contributed by atoms with Crippen molar-refractivity contribution in [3.8, 4) is 11.5 Å². The molecule has 100 valence electrons. The largest absolute Gasteiger partial charge is 0.453 e. The van der Waals surface area contributed by atoms with Crippen molar-refractivity contribution < 1.29 is 14.6 Å². The zero-order valence-electron chi connectivity index (χ0n) is 10.8. The van der Waals surface area contributed by atoms with E-state index >= 15 is 0 Å². The number of rotatable bonds is 4. The topological polar surface area (TPSA) is 50.7 Å². The van der Waals surface area contributed by atoms with Gasteiger partial charge in [-0.1, -0.05) is 25.4 Å². The third kappa shape index (κ3) is 2.28. The van der Waals surface area contributed by atoms with Gasteiger partial charge in [-0.15, -0.1) is 0 Å². The summed E-state index contributed by atoms with van der Waals surface area (Å²) in [5, 5.41) is 13.6. The van der Waals surface area contributed by atoms with Crippen molar-refractivity contribution in [1.29, 1.82) is 0 Å². The van der Waals surface area contributed by atoms with Gasteiger partial charge in [0.25, 0.3) is 0 Å². The molecule has 5 heteroatoms. The van der Waals surface area contributed by atoms with Gasteiger partial charge in [-0.25, -0.2) is 0 Å². The molecule has 0 saturated heterocycles. The number of likely N-dealkylation sites (N-methyl/N-ethyl adjacent to an activating group) is 1. The molecule has 2 rings (SSSR count). The van der Waals surface area contributed by atoms with Crippen molar-refractivity contribution in [3.05, 3.63) is 22.2 Å². The van der Waals surface area contributed by atoms with Crippen molar-refractivity contribution in [1.82, 2.24) is 5.32 Å². The van der Waals surface area contributed by atoms with Crippen LogP contribution < -0.4 is 14.8 Å². The summed E-state index contributed by atoms with van der Waals surface area (Å²) >= 11 is 6.16. The van der Waals surface area contributed by atoms with Crippen LogP contribution in [0.25, 0.3) is 0 Å². The maximum Gasteiger partial charge on any atom is 0.231 e. The number of halogens is 1. The summed E-state index contributed by atoms with van der Waals surface area (Å²) in [6, 6.07) is 1.77. The Kier molecular flexibility index (Phi) is 4.00. The van der Waals surface area contributed by atoms with Gasteiger partial charge in [-0.3, -0.25) is 0 Å². The summed E-state index contributed by atoms with van der Waals surface area (Å²) in [6.07, 6.45) is -0.612. The maximum absolute atomic E-state index is 10.2. The molecule has 0 amide bonds. The monoisotopic (exact) mass is 271 g/mol. The first-order chi connectivity index (χ1) is 8.56. The highest BCUT2D eigenvalue weighted by molar-refractivity contribution is 6.32. The number of aliphatic hydroxyl groups excluding tert-OH is 1. The lowest BCUT2D eigenvalue weighted by molar-refractivity contribution is 0.169. The van der Waals surface area contributed by atoms with Crippen molar-refractivity contribution in [2.45, 2.75) is 25.9 Å². The molecule has 0 aromatic heterocycles. The van der Waals surface area contributed by atoms with Gasteiger partial charge in [0.15, 0.2) is 11.5 Å². The Balaban J connectivity index is 2.55. The van der Waals surface area contributed by atoms with Crippen molar-refractivity contribution >= 4 is 11.6 Å². The van der Waals surface area contributed by atoms with Gasteiger partial charge >= 0.3 is 0 Å². The van der Waals surface area contributed by atoms with E-state index in [2.05, 4.69) is 19.2 Å². The van der Waals surface area contributed by atoms with Gasteiger partial charge in [0, 0.05) is 12.1 Å². The molecular formula is C13H18ClNO3. The smallest absolute Gasteiger partial charge is 0.231 e. The lowest BCUT2D eigenvalue weighted by atomic mass is 9.92. The highest BCUT2D eigenvalue weighted by atomic mass is 35.5. The first kappa shape index (κ1) is 13.5. The summed E-state index contributed by atoms with van der Waals surface area (Å²) in [5.74, 6) is 1.47. The first-order valence-electron chi connectivity index (χ1n) is 6.00. The molecule has 1 aromatic carbocycles. The normalized spacial score (nSPS) is 15.2. The van der Waals surface area contributed by atoms with E-state index in [9.17, 15) is 5.11 Å². The lowest BCUT2D eigenvalue weighted by Crippen LogP contribution is -2.18. The van der Waals surface area contributed by atoms with Crippen LogP contribution in [-0.2, 0) is 0 Å². The van der Waals surface area contributed by atoms with E-state index in [0.29, 0.717) is 23.1 Å². The maximum atomic E-state index is 10.2. The summed E-state index contributed by atoms with van der Waals surface area (Å²) in [7, 11) is 1.80. The molecule has 1 heterocycles. The number of hydrogen-bond acceptors (Lipinski definition) is 4. The average Bonchev–Trinajstić information content (AvgIpc) is 2.77. The molecule has 0 radical (unpaired) electrons. The predicted molar refractivity (Wildman–Crippen MR) is 70.6 cm³/mol. The molecule has 1 atom stereocenters. The van der Waals surface area contributed by atoms with Crippen molar-refractivity contribution in [3.63, 3.8) is 0 Å². The third-order valence-corrected chi connectivity index (χ3v) is 3.28. The van der Waals surface area contributed by atoms with E-state index in [1.165, 1.54) is 0 Å². The SMILES string of the molecule is CNCC(O)c1cc(Cl)c2c(c1C(C)C)OCO2. The Morgan fingerprint density at radius 1 is 1.39 bits per heavy atom. The molecule has 1 unspecified atom stereocenters. The average molecular weight is 272 g/mol. The Morgan fingerprint density at radius 3 is 2.67 bits per heavy atom. The molecule has 0 aliphatic carbocycles. The fourth-order valence-electron chi connectivity index (χ4n) is 2.24. The second kappa shape index (κ2) is 5.34. The summed E-state index contributed by atoms with van der Waals surface area (Å²) in [5.41, 5.74) is 1.77. The van der Waals surface area contributed by atoms with Crippen LogP contribution in [0.5, 0.6) is 11.5 Å². The third-order valence-electron chi connectivity index (χ3n) is 3.00. The van der Waals surface area contributed by atoms with Gasteiger partial charge in [-0.05, 0) is 24.6 Å². The van der Waals surface area contributed by atoms with Crippen LogP contribution in [0.1, 0.15) is 37.0 Å². The second-order valence-electron chi connectivity index (χ2n) is 4.65. The summed E-state index contributed by atoms with van der Waals surface area (Å²) < 4.78 is 10.9. The van der Waals surface area contributed by atoms with Gasteiger partial charge in [0.05, 0.1) is 11.1 Å². The molecule has 0 saturated carbocycles. The van der Waals surface area contributed by atoms with E-state index in [-0.39, 0.29) is 12.7 Å². The Labute approximate surface area is 112 Å². The van der Waals surface area contributed by atoms with E-state index in [1.54, 1.807) is 13.1 Å². The molecule has 0 fully saturated rings. The van der Waals surface area contributed by atoms with Crippen LogP contribution in [0.15, 0.2) is 6.07 Å². The highest BCUT2D eigenvalue weighted by Gasteiger charge is 2.28. The zero-order valence-corrected chi connectivity index (χ0v) is 11.5. The number of hydrogen-bond donors (Lipinski definition) is 2. The molecule has 1 aromatic rings. The quantitative estimate of drug-likeness (QED) is 0.883. The molecule has 0 spiro atoms. The number of ether oxygens (including phenoxy) is 2. The first-order valence-corrected chi connectivity index (χ1v) is 6.38. The molecular weight excluding hydrogens is 254 g/mol. The van der Waals surface area contributed by atoms with Gasteiger partial charge in [-0.2, -0.15) is 0 Å². The van der Waals surface area contributed by atoms with E-state index in [1.807, 2.05) is 0 Å². The van der Waals surface area contributed by atoms with Crippen molar-refractivity contribution in [2.75, 3.05) is 20.4 Å². The van der Waals surface area contributed by atoms with Crippen LogP contribution in [-0.4, -0.2) is 25.5 Å². The minimum atomic E-state index is -0.612.